The van der Waals surface area contributed by atoms with Gasteiger partial charge in [0.25, 0.3) is 0 Å². The van der Waals surface area contributed by atoms with Crippen LogP contribution in [0.3, 0.4) is 0 Å². The molecule has 3 rings (SSSR count). The number of halogens is 1. The summed E-state index contributed by atoms with van der Waals surface area (Å²) in [5.41, 5.74) is 0.496. The summed E-state index contributed by atoms with van der Waals surface area (Å²) >= 11 is 2.06. The van der Waals surface area contributed by atoms with Crippen molar-refractivity contribution in [2.24, 2.45) is 5.92 Å². The number of nitriles is 1. The van der Waals surface area contributed by atoms with Gasteiger partial charge in [-0.25, -0.2) is 9.37 Å². The molecule has 7 heteroatoms. The van der Waals surface area contributed by atoms with E-state index in [1.54, 1.807) is 6.07 Å². The third-order valence-electron chi connectivity index (χ3n) is 2.78. The van der Waals surface area contributed by atoms with Crippen LogP contribution in [0.1, 0.15) is 12.8 Å². The highest BCUT2D eigenvalue weighted by Gasteiger charge is 2.30. The molecular formula is C12H8FN3OS2. The number of thioether (sulfide) groups is 1. The molecule has 19 heavy (non-hydrogen) atoms. The highest BCUT2D eigenvalue weighted by molar-refractivity contribution is 8.03. The van der Waals surface area contributed by atoms with Crippen molar-refractivity contribution < 1.29 is 9.18 Å². The molecule has 4 nitrogen and oxygen atoms in total. The lowest BCUT2D eigenvalue weighted by Crippen LogP contribution is -2.12. The molecule has 2 aromatic rings. The Bertz CT molecular complexity index is 703. The molecule has 1 fully saturated rings. The molecule has 1 aliphatic rings. The third kappa shape index (κ3) is 2.55. The number of thiazole rings is 1. The number of hydrogen-bond acceptors (Lipinski definition) is 5. The molecule has 1 N–H and O–H groups in total. The number of carbonyl (C=O) groups excluding carboxylic acids is 1. The first-order chi connectivity index (χ1) is 9.17. The van der Waals surface area contributed by atoms with E-state index in [1.807, 2.05) is 5.40 Å². The molecule has 96 valence electrons. The Hall–Kier alpha value is -1.65. The first-order valence-electron chi connectivity index (χ1n) is 5.64. The van der Waals surface area contributed by atoms with Gasteiger partial charge in [0.15, 0.2) is 5.13 Å². The Morgan fingerprint density at radius 2 is 2.37 bits per heavy atom. The van der Waals surface area contributed by atoms with Gasteiger partial charge >= 0.3 is 0 Å². The van der Waals surface area contributed by atoms with Crippen LogP contribution in [-0.2, 0) is 4.79 Å². The summed E-state index contributed by atoms with van der Waals surface area (Å²) in [6.07, 6.45) is 1.85. The van der Waals surface area contributed by atoms with Gasteiger partial charge in [-0.3, -0.25) is 4.79 Å². The van der Waals surface area contributed by atoms with Crippen LogP contribution in [-0.4, -0.2) is 10.9 Å². The maximum atomic E-state index is 13.6. The molecule has 1 aromatic carbocycles. The zero-order chi connectivity index (χ0) is 13.4. The number of benzene rings is 1. The van der Waals surface area contributed by atoms with Crippen molar-refractivity contribution >= 4 is 44.4 Å². The van der Waals surface area contributed by atoms with Gasteiger partial charge < -0.3 is 5.32 Å². The van der Waals surface area contributed by atoms with Crippen molar-refractivity contribution in [2.45, 2.75) is 17.7 Å². The summed E-state index contributed by atoms with van der Waals surface area (Å²) in [6.45, 7) is 0. The summed E-state index contributed by atoms with van der Waals surface area (Å²) in [5.74, 6) is -0.385. The SMILES string of the molecule is N#CSc1cc2sc(NC(=O)C3CC3)nc2cc1F. The number of anilines is 1. The molecule has 0 aliphatic heterocycles. The highest BCUT2D eigenvalue weighted by Crippen LogP contribution is 2.34. The van der Waals surface area contributed by atoms with E-state index in [1.165, 1.54) is 17.4 Å². The molecular weight excluding hydrogens is 285 g/mol. The lowest BCUT2D eigenvalue weighted by atomic mass is 10.3. The predicted octanol–water partition coefficient (Wildman–Crippen LogP) is 3.36. The van der Waals surface area contributed by atoms with E-state index < -0.39 is 5.82 Å². The zero-order valence-corrected chi connectivity index (χ0v) is 11.3. The normalized spacial score (nSPS) is 14.3. The lowest BCUT2D eigenvalue weighted by molar-refractivity contribution is -0.117. The van der Waals surface area contributed by atoms with Crippen LogP contribution in [0.5, 0.6) is 0 Å². The van der Waals surface area contributed by atoms with Crippen LogP contribution in [0.2, 0.25) is 0 Å². The van der Waals surface area contributed by atoms with E-state index in [0.717, 1.165) is 29.3 Å². The fourth-order valence-corrected chi connectivity index (χ4v) is 3.06. The molecule has 0 unspecified atom stereocenters. The summed E-state index contributed by atoms with van der Waals surface area (Å²) in [6, 6.07) is 2.88. The second-order valence-electron chi connectivity index (χ2n) is 4.23. The molecule has 1 saturated carbocycles. The minimum absolute atomic E-state index is 0.0221. The largest absolute Gasteiger partial charge is 0.302 e. The van der Waals surface area contributed by atoms with E-state index in [9.17, 15) is 9.18 Å². The first kappa shape index (κ1) is 12.4. The second-order valence-corrected chi connectivity index (χ2v) is 6.08. The van der Waals surface area contributed by atoms with Crippen LogP contribution in [0, 0.1) is 22.4 Å². The first-order valence-corrected chi connectivity index (χ1v) is 7.27. The van der Waals surface area contributed by atoms with Gasteiger partial charge in [0.1, 0.15) is 11.2 Å². The van der Waals surface area contributed by atoms with Crippen LogP contribution < -0.4 is 5.32 Å². The van der Waals surface area contributed by atoms with Gasteiger partial charge in [0.05, 0.1) is 15.1 Å². The van der Waals surface area contributed by atoms with Gasteiger partial charge in [-0.15, -0.1) is 0 Å². The van der Waals surface area contributed by atoms with Gasteiger partial charge in [0.2, 0.25) is 5.91 Å². The standard InChI is InChI=1S/C12H8FN3OS2/c13-7-3-8-10(4-9(7)18-5-14)19-12(15-8)16-11(17)6-1-2-6/h3-4,6H,1-2H2,(H,15,16,17). The number of amides is 1. The number of fused-ring (bicyclic) bond motifs is 1. The minimum atomic E-state index is -0.468. The summed E-state index contributed by atoms with van der Waals surface area (Å²) in [4.78, 5) is 16.1. The van der Waals surface area contributed by atoms with Gasteiger partial charge in [-0.1, -0.05) is 11.3 Å². The van der Waals surface area contributed by atoms with Crippen molar-refractivity contribution in [2.75, 3.05) is 5.32 Å². The van der Waals surface area contributed by atoms with Crippen molar-refractivity contribution in [3.8, 4) is 5.40 Å². The topological polar surface area (TPSA) is 65.8 Å². The van der Waals surface area contributed by atoms with Crippen molar-refractivity contribution in [1.82, 2.24) is 4.98 Å². The number of rotatable bonds is 3. The average molecular weight is 293 g/mol. The van der Waals surface area contributed by atoms with Gasteiger partial charge in [-0.05, 0) is 30.7 Å². The lowest BCUT2D eigenvalue weighted by Gasteiger charge is -1.96. The van der Waals surface area contributed by atoms with Crippen molar-refractivity contribution in [3.05, 3.63) is 17.9 Å². The average Bonchev–Trinajstić information content (AvgIpc) is 3.14. The van der Waals surface area contributed by atoms with E-state index in [4.69, 9.17) is 5.26 Å². The number of hydrogen-bond donors (Lipinski definition) is 1. The Labute approximate surface area is 116 Å². The monoisotopic (exact) mass is 293 g/mol. The molecule has 1 amide bonds. The number of carbonyl (C=O) groups is 1. The zero-order valence-electron chi connectivity index (χ0n) is 9.64. The van der Waals surface area contributed by atoms with E-state index >= 15 is 0 Å². The molecule has 1 aromatic heterocycles. The Balaban J connectivity index is 1.91. The molecule has 0 atom stereocenters. The number of thiocyanates is 1. The Morgan fingerprint density at radius 3 is 3.05 bits per heavy atom. The second kappa shape index (κ2) is 4.79. The number of nitrogens with one attached hydrogen (secondary N) is 1. The molecule has 0 bridgehead atoms. The van der Waals surface area contributed by atoms with Gasteiger partial charge in [-0.2, -0.15) is 5.26 Å². The summed E-state index contributed by atoms with van der Waals surface area (Å²) in [5, 5.41) is 13.6. The number of aromatic nitrogens is 1. The van der Waals surface area contributed by atoms with E-state index in [2.05, 4.69) is 10.3 Å². The quantitative estimate of drug-likeness (QED) is 0.696. The third-order valence-corrected chi connectivity index (χ3v) is 4.33. The minimum Gasteiger partial charge on any atom is -0.302 e. The maximum absolute atomic E-state index is 13.6. The predicted molar refractivity (Wildman–Crippen MR) is 72.4 cm³/mol. The summed E-state index contributed by atoms with van der Waals surface area (Å²) < 4.78 is 14.4. The summed E-state index contributed by atoms with van der Waals surface area (Å²) in [7, 11) is 0. The van der Waals surface area contributed by atoms with Crippen molar-refractivity contribution in [3.63, 3.8) is 0 Å². The van der Waals surface area contributed by atoms with Crippen LogP contribution in [0.15, 0.2) is 17.0 Å². The molecule has 0 radical (unpaired) electrons. The van der Waals surface area contributed by atoms with Crippen LogP contribution in [0.25, 0.3) is 10.2 Å². The van der Waals surface area contributed by atoms with Crippen molar-refractivity contribution in [1.29, 1.82) is 5.26 Å². The Kier molecular flexibility index (Phi) is 3.12. The Morgan fingerprint density at radius 1 is 1.58 bits per heavy atom. The van der Waals surface area contributed by atoms with E-state index in [-0.39, 0.29) is 16.7 Å². The fourth-order valence-electron chi connectivity index (χ4n) is 1.66. The molecule has 0 saturated heterocycles. The van der Waals surface area contributed by atoms with Crippen LogP contribution in [0.4, 0.5) is 9.52 Å². The molecule has 1 aliphatic carbocycles. The van der Waals surface area contributed by atoms with Crippen LogP contribution >= 0.6 is 23.1 Å². The van der Waals surface area contributed by atoms with Gasteiger partial charge in [0, 0.05) is 12.0 Å². The van der Waals surface area contributed by atoms with E-state index in [0.29, 0.717) is 10.6 Å². The number of nitrogens with zero attached hydrogens (tertiary/aromatic N) is 2. The maximum Gasteiger partial charge on any atom is 0.229 e. The molecule has 0 spiro atoms. The molecule has 1 heterocycles. The highest BCUT2D eigenvalue weighted by atomic mass is 32.2. The smallest absolute Gasteiger partial charge is 0.229 e. The fraction of sp³-hybridized carbons (Fsp3) is 0.250.